The van der Waals surface area contributed by atoms with Crippen LogP contribution in [0.2, 0.25) is 0 Å². The number of nitrogens with zero attached hydrogens (tertiary/aromatic N) is 1. The van der Waals surface area contributed by atoms with Crippen LogP contribution in [0.4, 0.5) is 0 Å². The van der Waals surface area contributed by atoms with E-state index in [1.807, 2.05) is 14.1 Å². The van der Waals surface area contributed by atoms with Gasteiger partial charge in [-0.15, -0.1) is 0 Å². The van der Waals surface area contributed by atoms with Crippen LogP contribution in [0.3, 0.4) is 0 Å². The van der Waals surface area contributed by atoms with Crippen molar-refractivity contribution in [3.8, 4) is 0 Å². The van der Waals surface area contributed by atoms with Crippen molar-refractivity contribution in [2.45, 2.75) is 38.5 Å². The predicted molar refractivity (Wildman–Crippen MR) is 88.5 cm³/mol. The lowest BCUT2D eigenvalue weighted by Crippen LogP contribution is -2.44. The van der Waals surface area contributed by atoms with Gasteiger partial charge in [0.25, 0.3) is 0 Å². The first-order valence-electron chi connectivity index (χ1n) is 5.98. The maximum atomic E-state index is 6.31. The van der Waals surface area contributed by atoms with Crippen molar-refractivity contribution >= 4 is 42.6 Å². The van der Waals surface area contributed by atoms with Gasteiger partial charge in [-0.05, 0) is 45.6 Å². The van der Waals surface area contributed by atoms with Crippen LogP contribution >= 0.6 is 37.3 Å². The van der Waals surface area contributed by atoms with E-state index in [9.17, 15) is 0 Å². The molecule has 0 aromatic carbocycles. The lowest BCUT2D eigenvalue weighted by molar-refractivity contribution is 0.254. The van der Waals surface area contributed by atoms with E-state index in [0.717, 1.165) is 6.54 Å². The Morgan fingerprint density at radius 1 is 1.39 bits per heavy atom. The van der Waals surface area contributed by atoms with Gasteiger partial charge in [-0.2, -0.15) is 0 Å². The molecule has 2 atom stereocenters. The van der Waals surface area contributed by atoms with Gasteiger partial charge in [0, 0.05) is 24.4 Å². The van der Waals surface area contributed by atoms with Crippen LogP contribution in [0, 0.1) is 0 Å². The molecule has 2 nitrogen and oxygen atoms in total. The molecule has 1 rings (SSSR count). The molecule has 0 aliphatic carbocycles. The fraction of sp³-hybridized carbons (Fsp3) is 0.750. The summed E-state index contributed by atoms with van der Waals surface area (Å²) in [4.78, 5) is 0. The third-order valence-electron chi connectivity index (χ3n) is 3.98. The van der Waals surface area contributed by atoms with Crippen molar-refractivity contribution < 1.29 is 0 Å². The molecule has 18 heavy (non-hydrogen) atoms. The van der Waals surface area contributed by atoms with Crippen LogP contribution in [-0.4, -0.2) is 41.8 Å². The van der Waals surface area contributed by atoms with Crippen LogP contribution in [0.1, 0.15) is 27.7 Å². The molecule has 6 heteroatoms. The Morgan fingerprint density at radius 3 is 2.28 bits per heavy atom. The molecule has 0 fully saturated rings. The maximum absolute atomic E-state index is 6.31. The summed E-state index contributed by atoms with van der Waals surface area (Å²) in [5.41, 5.74) is 6.25. The van der Waals surface area contributed by atoms with Crippen molar-refractivity contribution in [2.24, 2.45) is 0 Å². The molecule has 0 aromatic heterocycles. The number of rotatable bonds is 5. The van der Waals surface area contributed by atoms with Gasteiger partial charge >= 0.3 is 0 Å². The van der Waals surface area contributed by atoms with E-state index in [2.05, 4.69) is 38.1 Å². The van der Waals surface area contributed by atoms with E-state index in [1.165, 1.54) is 24.6 Å². The van der Waals surface area contributed by atoms with E-state index in [0.29, 0.717) is 0 Å². The smallest absolute Gasteiger partial charge is 0.0915 e. The third kappa shape index (κ3) is 3.29. The Balaban J connectivity index is 3.08. The van der Waals surface area contributed by atoms with Gasteiger partial charge < -0.3 is 0 Å². The van der Waals surface area contributed by atoms with Gasteiger partial charge in [0.2, 0.25) is 0 Å². The minimum Gasteiger partial charge on any atom is -0.259 e. The van der Waals surface area contributed by atoms with Crippen LogP contribution in [-0.2, 0) is 0 Å². The zero-order valence-corrected chi connectivity index (χ0v) is 15.2. The average Bonchev–Trinajstić information content (AvgIpc) is 2.50. The minimum atomic E-state index is -1.02. The molecule has 0 radical (unpaired) electrons. The van der Waals surface area contributed by atoms with Crippen LogP contribution < -0.4 is 5.43 Å². The summed E-state index contributed by atoms with van der Waals surface area (Å²) in [6.07, 6.45) is 0. The highest BCUT2D eigenvalue weighted by atomic mass is 35.9. The molecule has 1 heterocycles. The highest BCUT2D eigenvalue weighted by Crippen LogP contribution is 2.61. The molecule has 104 valence electrons. The van der Waals surface area contributed by atoms with Crippen molar-refractivity contribution in [2.75, 3.05) is 20.6 Å². The molecule has 1 aliphatic heterocycles. The number of hydrazine groups is 1. The molecular weight excluding hydrogens is 305 g/mol. The largest absolute Gasteiger partial charge is 0.259 e. The molecule has 0 saturated heterocycles. The number of hydrogen-bond acceptors (Lipinski definition) is 2. The van der Waals surface area contributed by atoms with Crippen LogP contribution in [0.25, 0.3) is 0 Å². The van der Waals surface area contributed by atoms with Gasteiger partial charge in [0.15, 0.2) is 0 Å². The van der Waals surface area contributed by atoms with Gasteiger partial charge in [-0.3, -0.25) is 5.43 Å². The van der Waals surface area contributed by atoms with Gasteiger partial charge in [0.1, 0.15) is 0 Å². The van der Waals surface area contributed by atoms with Gasteiger partial charge in [0.05, 0.1) is 6.63 Å². The van der Waals surface area contributed by atoms with E-state index in [1.54, 1.807) is 0 Å². The topological polar surface area (TPSA) is 15.3 Å². The van der Waals surface area contributed by atoms with E-state index in [-0.39, 0.29) is 10.8 Å². The van der Waals surface area contributed by atoms with Crippen molar-refractivity contribution in [1.82, 2.24) is 10.4 Å². The van der Waals surface area contributed by atoms with E-state index < -0.39 is 6.63 Å². The molecular formula is C12H22Cl2N2P2. The monoisotopic (exact) mass is 326 g/mol. The first kappa shape index (κ1) is 16.9. The summed E-state index contributed by atoms with van der Waals surface area (Å²) < 4.78 is 0. The van der Waals surface area contributed by atoms with Crippen molar-refractivity contribution in [3.63, 3.8) is 0 Å². The molecule has 0 spiro atoms. The van der Waals surface area contributed by atoms with Crippen molar-refractivity contribution in [1.29, 1.82) is 0 Å². The SMILES string of the molecule is CNN(C)CC(P(Cl)Cl)C1(C)P=C(C)C(C)=C1C. The lowest BCUT2D eigenvalue weighted by Gasteiger charge is -2.36. The number of nitrogens with one attached hydrogen (secondary N) is 1. The summed E-state index contributed by atoms with van der Waals surface area (Å²) >= 11 is 12.6. The maximum Gasteiger partial charge on any atom is 0.0915 e. The molecule has 0 amide bonds. The third-order valence-corrected chi connectivity index (χ3v) is 8.53. The van der Waals surface area contributed by atoms with Crippen LogP contribution in [0.15, 0.2) is 11.1 Å². The normalized spacial score (nSPS) is 27.1. The predicted octanol–water partition coefficient (Wildman–Crippen LogP) is 4.46. The van der Waals surface area contributed by atoms with E-state index >= 15 is 0 Å². The summed E-state index contributed by atoms with van der Waals surface area (Å²) in [6, 6.07) is 0. The molecule has 0 aromatic rings. The lowest BCUT2D eigenvalue weighted by atomic mass is 9.92. The quantitative estimate of drug-likeness (QED) is 0.592. The Kier molecular flexibility index (Phi) is 6.13. The molecule has 0 saturated carbocycles. The highest BCUT2D eigenvalue weighted by molar-refractivity contribution is 8.04. The minimum absolute atomic E-state index is 0.0640. The average molecular weight is 327 g/mol. The zero-order valence-electron chi connectivity index (χ0n) is 11.9. The Labute approximate surface area is 123 Å². The van der Waals surface area contributed by atoms with Gasteiger partial charge in [-0.1, -0.05) is 36.3 Å². The Morgan fingerprint density at radius 2 is 1.94 bits per heavy atom. The standard InChI is InChI=1S/C12H22Cl2N2P2/c1-8-9(2)12(4,17-10(8)3)11(18(13)14)7-16(6)15-5/h11,15H,7H2,1-6H3. The van der Waals surface area contributed by atoms with Crippen molar-refractivity contribution in [3.05, 3.63) is 11.1 Å². The fourth-order valence-corrected chi connectivity index (χ4v) is 7.28. The molecule has 1 N–H and O–H groups in total. The second-order valence-electron chi connectivity index (χ2n) is 4.97. The Bertz CT molecular complexity index is 382. The zero-order chi connectivity index (χ0) is 14.1. The summed E-state index contributed by atoms with van der Waals surface area (Å²) in [6.45, 7) is 8.75. The number of allylic oxidation sites excluding steroid dienone is 2. The van der Waals surface area contributed by atoms with Crippen LogP contribution in [0.5, 0.6) is 0 Å². The molecule has 0 bridgehead atoms. The highest BCUT2D eigenvalue weighted by Gasteiger charge is 2.43. The summed E-state index contributed by atoms with van der Waals surface area (Å²) in [7, 11) is 5.30. The van der Waals surface area contributed by atoms with E-state index in [4.69, 9.17) is 22.5 Å². The molecule has 1 aliphatic rings. The second kappa shape index (κ2) is 6.53. The first-order chi connectivity index (χ1) is 8.24. The Hall–Kier alpha value is 0.840. The fourth-order valence-electron chi connectivity index (χ4n) is 2.27. The summed E-state index contributed by atoms with van der Waals surface area (Å²) in [5, 5.41) is 3.56. The van der Waals surface area contributed by atoms with Gasteiger partial charge in [-0.25, -0.2) is 5.01 Å². The number of halogens is 2. The second-order valence-corrected chi connectivity index (χ2v) is 10.6. The summed E-state index contributed by atoms with van der Waals surface area (Å²) in [5.74, 6) is 0. The number of hydrogen-bond donors (Lipinski definition) is 1. The first-order valence-corrected chi connectivity index (χ1v) is 10.1. The molecule has 2 unspecified atom stereocenters.